The average Bonchev–Trinajstić information content (AvgIpc) is 3.05. The van der Waals surface area contributed by atoms with Crippen LogP contribution >= 0.6 is 0 Å². The highest BCUT2D eigenvalue weighted by atomic mass is 16.2. The van der Waals surface area contributed by atoms with Crippen molar-refractivity contribution in [1.29, 1.82) is 0 Å². The molecule has 1 saturated heterocycles. The second-order valence-electron chi connectivity index (χ2n) is 8.34. The molecule has 3 aromatic rings. The number of benzene rings is 2. The Bertz CT molecular complexity index is 1010. The van der Waals surface area contributed by atoms with Gasteiger partial charge in [0.1, 0.15) is 0 Å². The van der Waals surface area contributed by atoms with Gasteiger partial charge in [-0.05, 0) is 50.1 Å². The second-order valence-corrected chi connectivity index (χ2v) is 8.34. The summed E-state index contributed by atoms with van der Waals surface area (Å²) in [4.78, 5) is 17.3. The van der Waals surface area contributed by atoms with E-state index in [1.807, 2.05) is 40.8 Å². The van der Waals surface area contributed by atoms with Gasteiger partial charge >= 0.3 is 0 Å². The lowest BCUT2D eigenvalue weighted by Crippen LogP contribution is -2.48. The van der Waals surface area contributed by atoms with E-state index in [-0.39, 0.29) is 5.91 Å². The SMILES string of the molecule is Cc1cccc(CN2CCN(C(=O)c3ccc(Cn4nc(C)cc4C)cc3)CC2)c1. The molecule has 2 heterocycles. The topological polar surface area (TPSA) is 41.4 Å². The highest BCUT2D eigenvalue weighted by Crippen LogP contribution is 2.14. The van der Waals surface area contributed by atoms with E-state index in [1.165, 1.54) is 11.1 Å². The number of hydrogen-bond acceptors (Lipinski definition) is 3. The lowest BCUT2D eigenvalue weighted by molar-refractivity contribution is 0.0628. The standard InChI is InChI=1S/C25H30N4O/c1-19-5-4-6-23(15-19)17-27-11-13-28(14-12-27)25(30)24-9-7-22(8-10-24)18-29-21(3)16-20(2)26-29/h4-10,15-16H,11-14,17-18H2,1-3H3. The number of carbonyl (C=O) groups excluding carboxylic acids is 1. The van der Waals surface area contributed by atoms with Crippen molar-refractivity contribution in [2.45, 2.75) is 33.9 Å². The first-order valence-electron chi connectivity index (χ1n) is 10.6. The molecule has 0 unspecified atom stereocenters. The van der Waals surface area contributed by atoms with Crippen LogP contribution in [0.3, 0.4) is 0 Å². The summed E-state index contributed by atoms with van der Waals surface area (Å²) >= 11 is 0. The summed E-state index contributed by atoms with van der Waals surface area (Å²) in [5, 5.41) is 4.52. The largest absolute Gasteiger partial charge is 0.336 e. The Balaban J connectivity index is 1.32. The van der Waals surface area contributed by atoms with Crippen LogP contribution in [0.4, 0.5) is 0 Å². The summed E-state index contributed by atoms with van der Waals surface area (Å²) in [5.41, 5.74) is 6.73. The van der Waals surface area contributed by atoms with Crippen molar-refractivity contribution in [2.24, 2.45) is 0 Å². The van der Waals surface area contributed by atoms with Crippen LogP contribution in [0.2, 0.25) is 0 Å². The molecule has 4 rings (SSSR count). The van der Waals surface area contributed by atoms with E-state index < -0.39 is 0 Å². The van der Waals surface area contributed by atoms with Gasteiger partial charge in [-0.15, -0.1) is 0 Å². The molecular weight excluding hydrogens is 372 g/mol. The van der Waals surface area contributed by atoms with Gasteiger partial charge in [0, 0.05) is 44.0 Å². The number of amides is 1. The molecule has 1 aromatic heterocycles. The quantitative estimate of drug-likeness (QED) is 0.652. The molecule has 0 N–H and O–H groups in total. The fraction of sp³-hybridized carbons (Fsp3) is 0.360. The van der Waals surface area contributed by atoms with Gasteiger partial charge in [0.25, 0.3) is 5.91 Å². The van der Waals surface area contributed by atoms with Gasteiger partial charge in [-0.2, -0.15) is 5.10 Å². The maximum absolute atomic E-state index is 12.9. The molecule has 0 spiro atoms. The van der Waals surface area contributed by atoms with E-state index in [2.05, 4.69) is 54.2 Å². The number of carbonyl (C=O) groups is 1. The monoisotopic (exact) mass is 402 g/mol. The van der Waals surface area contributed by atoms with E-state index >= 15 is 0 Å². The molecule has 1 aliphatic rings. The lowest BCUT2D eigenvalue weighted by atomic mass is 10.1. The molecule has 1 fully saturated rings. The van der Waals surface area contributed by atoms with E-state index in [1.54, 1.807) is 0 Å². The van der Waals surface area contributed by atoms with Crippen LogP contribution in [0.15, 0.2) is 54.6 Å². The van der Waals surface area contributed by atoms with Crippen molar-refractivity contribution in [2.75, 3.05) is 26.2 Å². The molecule has 0 aliphatic carbocycles. The Hall–Kier alpha value is -2.92. The molecule has 5 nitrogen and oxygen atoms in total. The van der Waals surface area contributed by atoms with Gasteiger partial charge in [0.2, 0.25) is 0 Å². The Morgan fingerprint density at radius 3 is 2.23 bits per heavy atom. The third-order valence-corrected chi connectivity index (χ3v) is 5.78. The van der Waals surface area contributed by atoms with Crippen molar-refractivity contribution in [1.82, 2.24) is 19.6 Å². The Morgan fingerprint density at radius 1 is 0.867 bits per heavy atom. The van der Waals surface area contributed by atoms with Crippen LogP contribution in [-0.2, 0) is 13.1 Å². The first kappa shape index (κ1) is 20.4. The van der Waals surface area contributed by atoms with E-state index in [0.717, 1.165) is 61.8 Å². The van der Waals surface area contributed by atoms with Crippen LogP contribution in [0, 0.1) is 20.8 Å². The zero-order valence-electron chi connectivity index (χ0n) is 18.1. The van der Waals surface area contributed by atoms with Crippen molar-refractivity contribution in [3.05, 3.63) is 88.2 Å². The van der Waals surface area contributed by atoms with E-state index in [9.17, 15) is 4.79 Å². The zero-order chi connectivity index (χ0) is 21.1. The molecule has 0 saturated carbocycles. The summed E-state index contributed by atoms with van der Waals surface area (Å²) in [6.07, 6.45) is 0. The van der Waals surface area contributed by atoms with Crippen molar-refractivity contribution < 1.29 is 4.79 Å². The smallest absolute Gasteiger partial charge is 0.253 e. The summed E-state index contributed by atoms with van der Waals surface area (Å²) < 4.78 is 2.00. The van der Waals surface area contributed by atoms with Crippen LogP contribution in [0.25, 0.3) is 0 Å². The highest BCUT2D eigenvalue weighted by molar-refractivity contribution is 5.94. The summed E-state index contributed by atoms with van der Waals surface area (Å²) in [7, 11) is 0. The summed E-state index contributed by atoms with van der Waals surface area (Å²) in [6, 6.07) is 18.7. The first-order valence-corrected chi connectivity index (χ1v) is 10.6. The molecule has 5 heteroatoms. The van der Waals surface area contributed by atoms with Gasteiger partial charge in [-0.1, -0.05) is 42.0 Å². The lowest BCUT2D eigenvalue weighted by Gasteiger charge is -2.34. The number of rotatable bonds is 5. The van der Waals surface area contributed by atoms with Crippen molar-refractivity contribution >= 4 is 5.91 Å². The number of nitrogens with zero attached hydrogens (tertiary/aromatic N) is 4. The highest BCUT2D eigenvalue weighted by Gasteiger charge is 2.22. The first-order chi connectivity index (χ1) is 14.5. The number of hydrogen-bond donors (Lipinski definition) is 0. The van der Waals surface area contributed by atoms with Crippen LogP contribution in [0.1, 0.15) is 38.4 Å². The molecule has 30 heavy (non-hydrogen) atoms. The van der Waals surface area contributed by atoms with Gasteiger partial charge in [0.05, 0.1) is 12.2 Å². The fourth-order valence-electron chi connectivity index (χ4n) is 4.12. The van der Waals surface area contributed by atoms with E-state index in [0.29, 0.717) is 0 Å². The Morgan fingerprint density at radius 2 is 1.60 bits per heavy atom. The molecule has 0 bridgehead atoms. The van der Waals surface area contributed by atoms with E-state index in [4.69, 9.17) is 0 Å². The Labute approximate surface area is 178 Å². The predicted molar refractivity (Wildman–Crippen MR) is 120 cm³/mol. The maximum atomic E-state index is 12.9. The predicted octanol–water partition coefficient (Wildman–Crippen LogP) is 3.81. The number of aryl methyl sites for hydroxylation is 3. The third kappa shape index (κ3) is 4.79. The third-order valence-electron chi connectivity index (χ3n) is 5.78. The maximum Gasteiger partial charge on any atom is 0.253 e. The molecular formula is C25H30N4O. The molecule has 0 radical (unpaired) electrons. The number of aromatic nitrogens is 2. The van der Waals surface area contributed by atoms with Crippen LogP contribution in [-0.4, -0.2) is 51.7 Å². The summed E-state index contributed by atoms with van der Waals surface area (Å²) in [5.74, 6) is 0.128. The fourth-order valence-corrected chi connectivity index (χ4v) is 4.12. The molecule has 0 atom stereocenters. The average molecular weight is 403 g/mol. The second kappa shape index (κ2) is 8.84. The van der Waals surface area contributed by atoms with Crippen molar-refractivity contribution in [3.63, 3.8) is 0 Å². The normalized spacial score (nSPS) is 14.8. The minimum atomic E-state index is 0.128. The van der Waals surface area contributed by atoms with Gasteiger partial charge < -0.3 is 4.90 Å². The molecule has 1 amide bonds. The minimum absolute atomic E-state index is 0.128. The zero-order valence-corrected chi connectivity index (χ0v) is 18.1. The van der Waals surface area contributed by atoms with Gasteiger partial charge in [-0.25, -0.2) is 0 Å². The summed E-state index contributed by atoms with van der Waals surface area (Å²) in [6.45, 7) is 11.3. The van der Waals surface area contributed by atoms with Gasteiger partial charge in [0.15, 0.2) is 0 Å². The minimum Gasteiger partial charge on any atom is -0.336 e. The Kier molecular flexibility index (Phi) is 6.00. The van der Waals surface area contributed by atoms with Crippen molar-refractivity contribution in [3.8, 4) is 0 Å². The van der Waals surface area contributed by atoms with Crippen LogP contribution < -0.4 is 0 Å². The number of piperazine rings is 1. The molecule has 2 aromatic carbocycles. The molecule has 1 aliphatic heterocycles. The van der Waals surface area contributed by atoms with Crippen LogP contribution in [0.5, 0.6) is 0 Å². The van der Waals surface area contributed by atoms with Gasteiger partial charge in [-0.3, -0.25) is 14.4 Å². The molecule has 156 valence electrons.